The highest BCUT2D eigenvalue weighted by atomic mass is 16.6. The maximum absolute atomic E-state index is 12.9. The maximum Gasteiger partial charge on any atom is 0.306 e. The molecular formula is C68H132O6. The number of rotatable bonds is 64. The molecule has 0 aromatic heterocycles. The van der Waals surface area contributed by atoms with Crippen molar-refractivity contribution in [2.24, 2.45) is 0 Å². The molecule has 0 aliphatic carbocycles. The van der Waals surface area contributed by atoms with Gasteiger partial charge in [0.2, 0.25) is 0 Å². The van der Waals surface area contributed by atoms with Crippen LogP contribution in [0.4, 0.5) is 0 Å². The van der Waals surface area contributed by atoms with Crippen molar-refractivity contribution in [1.29, 1.82) is 0 Å². The molecular weight excluding hydrogens is 913 g/mol. The van der Waals surface area contributed by atoms with E-state index < -0.39 is 6.10 Å². The summed E-state index contributed by atoms with van der Waals surface area (Å²) in [6.07, 6.45) is 74.1. The van der Waals surface area contributed by atoms with E-state index in [9.17, 15) is 14.4 Å². The van der Waals surface area contributed by atoms with Gasteiger partial charge < -0.3 is 14.2 Å². The predicted octanol–water partition coefficient (Wildman–Crippen LogP) is 23.1. The number of hydrogen-bond donors (Lipinski definition) is 0. The average molecular weight is 1050 g/mol. The summed E-state index contributed by atoms with van der Waals surface area (Å²) in [4.78, 5) is 38.3. The van der Waals surface area contributed by atoms with Gasteiger partial charge in [-0.05, 0) is 19.3 Å². The summed E-state index contributed by atoms with van der Waals surface area (Å²) < 4.78 is 17.0. The first kappa shape index (κ1) is 72.4. The fourth-order valence-electron chi connectivity index (χ4n) is 10.7. The SMILES string of the molecule is CCCCCCCCCCCCCCCCCCCCCCCCC(=O)OCC(COC(=O)CCCCCCCCCCCCCC)OC(=O)CCCCCCCCCCCCCCCCCCCCCCCC. The molecule has 0 saturated heterocycles. The van der Waals surface area contributed by atoms with Gasteiger partial charge in [-0.15, -0.1) is 0 Å². The highest BCUT2D eigenvalue weighted by molar-refractivity contribution is 5.71. The molecule has 0 heterocycles. The summed E-state index contributed by atoms with van der Waals surface area (Å²) in [5.41, 5.74) is 0. The molecule has 0 radical (unpaired) electrons. The summed E-state index contributed by atoms with van der Waals surface area (Å²) >= 11 is 0. The smallest absolute Gasteiger partial charge is 0.306 e. The van der Waals surface area contributed by atoms with E-state index in [1.54, 1.807) is 0 Å². The highest BCUT2D eigenvalue weighted by Crippen LogP contribution is 2.19. The number of carbonyl (C=O) groups excluding carboxylic acids is 3. The molecule has 0 aromatic rings. The van der Waals surface area contributed by atoms with E-state index in [0.717, 1.165) is 57.8 Å². The molecule has 6 heteroatoms. The Morgan fingerprint density at radius 3 is 0.541 bits per heavy atom. The van der Waals surface area contributed by atoms with Crippen LogP contribution in [0.3, 0.4) is 0 Å². The lowest BCUT2D eigenvalue weighted by Gasteiger charge is -2.18. The molecule has 1 atom stereocenters. The Balaban J connectivity index is 4.19. The first-order valence-electron chi connectivity index (χ1n) is 34.0. The van der Waals surface area contributed by atoms with Crippen LogP contribution < -0.4 is 0 Å². The van der Waals surface area contributed by atoms with Crippen LogP contribution in [-0.4, -0.2) is 37.2 Å². The van der Waals surface area contributed by atoms with Crippen LogP contribution in [0.25, 0.3) is 0 Å². The second-order valence-corrected chi connectivity index (χ2v) is 23.5. The molecule has 440 valence electrons. The average Bonchev–Trinajstić information content (AvgIpc) is 3.40. The van der Waals surface area contributed by atoms with Gasteiger partial charge >= 0.3 is 17.9 Å². The Hall–Kier alpha value is -1.59. The minimum atomic E-state index is -0.762. The van der Waals surface area contributed by atoms with Crippen molar-refractivity contribution in [2.75, 3.05) is 13.2 Å². The van der Waals surface area contributed by atoms with Crippen LogP contribution in [0.5, 0.6) is 0 Å². The van der Waals surface area contributed by atoms with Gasteiger partial charge in [-0.1, -0.05) is 361 Å². The molecule has 1 unspecified atom stereocenters. The summed E-state index contributed by atoms with van der Waals surface area (Å²) in [7, 11) is 0. The second kappa shape index (κ2) is 63.9. The second-order valence-electron chi connectivity index (χ2n) is 23.5. The first-order valence-corrected chi connectivity index (χ1v) is 34.0. The number of unbranched alkanes of at least 4 members (excludes halogenated alkanes) is 53. The molecule has 6 nitrogen and oxygen atoms in total. The van der Waals surface area contributed by atoms with E-state index in [2.05, 4.69) is 20.8 Å². The van der Waals surface area contributed by atoms with E-state index in [1.807, 2.05) is 0 Å². The van der Waals surface area contributed by atoms with Gasteiger partial charge in [0.05, 0.1) is 0 Å². The predicted molar refractivity (Wildman–Crippen MR) is 321 cm³/mol. The minimum Gasteiger partial charge on any atom is -0.462 e. The largest absolute Gasteiger partial charge is 0.462 e. The Labute approximate surface area is 463 Å². The minimum absolute atomic E-state index is 0.0604. The Morgan fingerprint density at radius 2 is 0.365 bits per heavy atom. The lowest BCUT2D eigenvalue weighted by atomic mass is 10.0. The molecule has 0 rings (SSSR count). The molecule has 0 bridgehead atoms. The van der Waals surface area contributed by atoms with Crippen LogP contribution >= 0.6 is 0 Å². The fraction of sp³-hybridized carbons (Fsp3) is 0.956. The molecule has 0 aromatic carbocycles. The summed E-state index contributed by atoms with van der Waals surface area (Å²) in [5.74, 6) is -0.823. The van der Waals surface area contributed by atoms with Gasteiger partial charge in [-0.25, -0.2) is 0 Å². The number of ether oxygens (including phenoxy) is 3. The van der Waals surface area contributed by atoms with Gasteiger partial charge in [-0.2, -0.15) is 0 Å². The van der Waals surface area contributed by atoms with Crippen molar-refractivity contribution in [1.82, 2.24) is 0 Å². The van der Waals surface area contributed by atoms with Gasteiger partial charge in [0.15, 0.2) is 6.10 Å². The van der Waals surface area contributed by atoms with E-state index >= 15 is 0 Å². The normalized spacial score (nSPS) is 11.9. The van der Waals surface area contributed by atoms with Crippen molar-refractivity contribution in [3.63, 3.8) is 0 Å². The van der Waals surface area contributed by atoms with Gasteiger partial charge in [0, 0.05) is 19.3 Å². The quantitative estimate of drug-likeness (QED) is 0.0343. The van der Waals surface area contributed by atoms with Crippen LogP contribution in [0.1, 0.15) is 400 Å². The topological polar surface area (TPSA) is 78.9 Å². The number of esters is 3. The molecule has 0 aliphatic heterocycles. The van der Waals surface area contributed by atoms with Crippen LogP contribution in [0.15, 0.2) is 0 Å². The monoisotopic (exact) mass is 1050 g/mol. The standard InChI is InChI=1S/C68H132O6/c1-4-7-10-13-16-19-22-25-27-29-31-33-35-37-39-41-43-46-49-52-55-58-61-67(70)73-64-65(63-72-66(69)60-57-54-51-48-45-24-21-18-15-12-9-6-3)74-68(71)62-59-56-53-50-47-44-42-40-38-36-34-32-30-28-26-23-20-17-14-11-8-5-2/h65H,4-64H2,1-3H3. The third-order valence-corrected chi connectivity index (χ3v) is 15.9. The molecule has 0 fully saturated rings. The summed E-state index contributed by atoms with van der Waals surface area (Å²) in [6.45, 7) is 6.73. The van der Waals surface area contributed by atoms with Crippen LogP contribution in [0.2, 0.25) is 0 Å². The third-order valence-electron chi connectivity index (χ3n) is 15.9. The number of hydrogen-bond acceptors (Lipinski definition) is 6. The van der Waals surface area contributed by atoms with Crippen molar-refractivity contribution < 1.29 is 28.6 Å². The Morgan fingerprint density at radius 1 is 0.216 bits per heavy atom. The van der Waals surface area contributed by atoms with Gasteiger partial charge in [-0.3, -0.25) is 14.4 Å². The first-order chi connectivity index (χ1) is 36.5. The summed E-state index contributed by atoms with van der Waals surface area (Å²) in [5, 5.41) is 0. The molecule has 0 spiro atoms. The fourth-order valence-corrected chi connectivity index (χ4v) is 10.7. The van der Waals surface area contributed by atoms with E-state index in [4.69, 9.17) is 14.2 Å². The lowest BCUT2D eigenvalue weighted by molar-refractivity contribution is -0.167. The number of carbonyl (C=O) groups is 3. The van der Waals surface area contributed by atoms with Crippen molar-refractivity contribution >= 4 is 17.9 Å². The third kappa shape index (κ3) is 61.3. The Kier molecular flexibility index (Phi) is 62.6. The highest BCUT2D eigenvalue weighted by Gasteiger charge is 2.19. The summed E-state index contributed by atoms with van der Waals surface area (Å²) in [6, 6.07) is 0. The zero-order valence-corrected chi connectivity index (χ0v) is 50.7. The zero-order chi connectivity index (χ0) is 53.6. The van der Waals surface area contributed by atoms with Gasteiger partial charge in [0.1, 0.15) is 13.2 Å². The molecule has 74 heavy (non-hydrogen) atoms. The molecule has 0 saturated carbocycles. The Bertz CT molecular complexity index is 1110. The van der Waals surface area contributed by atoms with E-state index in [0.29, 0.717) is 19.3 Å². The molecule has 0 N–H and O–H groups in total. The maximum atomic E-state index is 12.9. The molecule has 0 amide bonds. The molecule has 0 aliphatic rings. The van der Waals surface area contributed by atoms with Crippen molar-refractivity contribution in [3.05, 3.63) is 0 Å². The van der Waals surface area contributed by atoms with E-state index in [-0.39, 0.29) is 31.1 Å². The van der Waals surface area contributed by atoms with Gasteiger partial charge in [0.25, 0.3) is 0 Å². The van der Waals surface area contributed by atoms with Crippen LogP contribution in [-0.2, 0) is 28.6 Å². The van der Waals surface area contributed by atoms with Crippen LogP contribution in [0, 0.1) is 0 Å². The van der Waals surface area contributed by atoms with E-state index in [1.165, 1.54) is 302 Å². The van der Waals surface area contributed by atoms with Crippen molar-refractivity contribution in [3.8, 4) is 0 Å². The van der Waals surface area contributed by atoms with Crippen molar-refractivity contribution in [2.45, 2.75) is 406 Å². The zero-order valence-electron chi connectivity index (χ0n) is 50.7. The lowest BCUT2D eigenvalue weighted by Crippen LogP contribution is -2.30.